The standard InChI is InChI=1S/C21H23N3O2/c1-15-20(16(2)24(23-15)19-7-5-4-6-8-19)13-22-21(25)18-11-9-17(10-12-18)14-26-3/h4-12H,13-14H2,1-3H3,(H,22,25). The fraction of sp³-hybridized carbons (Fsp3) is 0.238. The molecule has 0 aliphatic heterocycles. The van der Waals surface area contributed by atoms with Crippen molar-refractivity contribution in [2.75, 3.05) is 7.11 Å². The highest BCUT2D eigenvalue weighted by Gasteiger charge is 2.14. The Morgan fingerprint density at radius 3 is 2.42 bits per heavy atom. The Morgan fingerprint density at radius 2 is 1.77 bits per heavy atom. The number of aryl methyl sites for hydroxylation is 1. The summed E-state index contributed by atoms with van der Waals surface area (Å²) in [6, 6.07) is 17.4. The first-order valence-corrected chi connectivity index (χ1v) is 8.56. The summed E-state index contributed by atoms with van der Waals surface area (Å²) < 4.78 is 7.00. The number of nitrogens with one attached hydrogen (secondary N) is 1. The number of carbonyl (C=O) groups excluding carboxylic acids is 1. The molecule has 2 aromatic carbocycles. The summed E-state index contributed by atoms with van der Waals surface area (Å²) in [5.41, 5.74) is 5.68. The van der Waals surface area contributed by atoms with E-state index in [0.29, 0.717) is 18.7 Å². The van der Waals surface area contributed by atoms with Gasteiger partial charge in [-0.15, -0.1) is 0 Å². The zero-order chi connectivity index (χ0) is 18.5. The van der Waals surface area contributed by atoms with Gasteiger partial charge in [0.2, 0.25) is 0 Å². The molecule has 5 heteroatoms. The lowest BCUT2D eigenvalue weighted by Crippen LogP contribution is -2.23. The van der Waals surface area contributed by atoms with Crippen LogP contribution in [0.3, 0.4) is 0 Å². The van der Waals surface area contributed by atoms with E-state index in [1.807, 2.05) is 73.1 Å². The second-order valence-corrected chi connectivity index (χ2v) is 6.21. The van der Waals surface area contributed by atoms with Crippen LogP contribution in [0.5, 0.6) is 0 Å². The van der Waals surface area contributed by atoms with Crippen LogP contribution in [0.15, 0.2) is 54.6 Å². The summed E-state index contributed by atoms with van der Waals surface area (Å²) >= 11 is 0. The first-order chi connectivity index (χ1) is 12.6. The smallest absolute Gasteiger partial charge is 0.251 e. The molecule has 0 bridgehead atoms. The van der Waals surface area contributed by atoms with Crippen molar-refractivity contribution in [3.8, 4) is 5.69 Å². The van der Waals surface area contributed by atoms with Crippen LogP contribution >= 0.6 is 0 Å². The average molecular weight is 349 g/mol. The molecule has 0 saturated carbocycles. The van der Waals surface area contributed by atoms with Crippen LogP contribution in [-0.4, -0.2) is 22.8 Å². The van der Waals surface area contributed by atoms with Crippen LogP contribution in [0.25, 0.3) is 5.69 Å². The third-order valence-electron chi connectivity index (χ3n) is 4.39. The van der Waals surface area contributed by atoms with Crippen LogP contribution in [0.1, 0.15) is 32.9 Å². The Hall–Kier alpha value is -2.92. The first-order valence-electron chi connectivity index (χ1n) is 8.56. The molecule has 1 heterocycles. The molecule has 0 saturated heterocycles. The predicted octanol–water partition coefficient (Wildman–Crippen LogP) is 3.57. The second-order valence-electron chi connectivity index (χ2n) is 6.21. The summed E-state index contributed by atoms with van der Waals surface area (Å²) in [6.07, 6.45) is 0. The van der Waals surface area contributed by atoms with E-state index < -0.39 is 0 Å². The Balaban J connectivity index is 1.71. The van der Waals surface area contributed by atoms with Crippen LogP contribution in [0, 0.1) is 13.8 Å². The average Bonchev–Trinajstić information content (AvgIpc) is 2.95. The van der Waals surface area contributed by atoms with Gasteiger partial charge in [-0.2, -0.15) is 5.10 Å². The maximum Gasteiger partial charge on any atom is 0.251 e. The van der Waals surface area contributed by atoms with E-state index in [1.54, 1.807) is 7.11 Å². The molecule has 0 aliphatic rings. The number of carbonyl (C=O) groups is 1. The molecule has 1 N–H and O–H groups in total. The van der Waals surface area contributed by atoms with Gasteiger partial charge in [0.1, 0.15) is 0 Å². The van der Waals surface area contributed by atoms with Gasteiger partial charge in [0.15, 0.2) is 0 Å². The van der Waals surface area contributed by atoms with Crippen LogP contribution in [0.4, 0.5) is 0 Å². The van der Waals surface area contributed by atoms with E-state index in [0.717, 1.165) is 28.2 Å². The second kappa shape index (κ2) is 7.97. The highest BCUT2D eigenvalue weighted by atomic mass is 16.5. The van der Waals surface area contributed by atoms with Crippen molar-refractivity contribution >= 4 is 5.91 Å². The molecule has 3 rings (SSSR count). The number of aromatic nitrogens is 2. The molecule has 0 aliphatic carbocycles. The summed E-state index contributed by atoms with van der Waals surface area (Å²) in [5, 5.41) is 7.60. The Bertz CT molecular complexity index is 884. The van der Waals surface area contributed by atoms with Crippen molar-refractivity contribution in [1.82, 2.24) is 15.1 Å². The lowest BCUT2D eigenvalue weighted by Gasteiger charge is -2.08. The highest BCUT2D eigenvalue weighted by Crippen LogP contribution is 2.18. The zero-order valence-corrected chi connectivity index (χ0v) is 15.3. The lowest BCUT2D eigenvalue weighted by molar-refractivity contribution is 0.0950. The van der Waals surface area contributed by atoms with Gasteiger partial charge >= 0.3 is 0 Å². The van der Waals surface area contributed by atoms with Gasteiger partial charge in [-0.3, -0.25) is 4.79 Å². The number of nitrogens with zero attached hydrogens (tertiary/aromatic N) is 2. The van der Waals surface area contributed by atoms with E-state index >= 15 is 0 Å². The molecule has 0 unspecified atom stereocenters. The molecule has 5 nitrogen and oxygen atoms in total. The molecule has 3 aromatic rings. The van der Waals surface area contributed by atoms with Crippen molar-refractivity contribution in [2.24, 2.45) is 0 Å². The number of hydrogen-bond donors (Lipinski definition) is 1. The minimum atomic E-state index is -0.0970. The Morgan fingerprint density at radius 1 is 1.08 bits per heavy atom. The topological polar surface area (TPSA) is 56.1 Å². The van der Waals surface area contributed by atoms with E-state index in [1.165, 1.54) is 0 Å². The Kier molecular flexibility index (Phi) is 5.49. The van der Waals surface area contributed by atoms with Crippen molar-refractivity contribution in [3.63, 3.8) is 0 Å². The van der Waals surface area contributed by atoms with Crippen molar-refractivity contribution in [3.05, 3.63) is 82.7 Å². The van der Waals surface area contributed by atoms with E-state index in [2.05, 4.69) is 10.4 Å². The molecular formula is C21H23N3O2. The number of amides is 1. The number of benzene rings is 2. The van der Waals surface area contributed by atoms with Gasteiger partial charge in [-0.25, -0.2) is 4.68 Å². The van der Waals surface area contributed by atoms with Crippen molar-refractivity contribution in [1.29, 1.82) is 0 Å². The molecule has 26 heavy (non-hydrogen) atoms. The largest absolute Gasteiger partial charge is 0.380 e. The van der Waals surface area contributed by atoms with Gasteiger partial charge in [-0.1, -0.05) is 30.3 Å². The summed E-state index contributed by atoms with van der Waals surface area (Å²) in [4.78, 5) is 12.4. The van der Waals surface area contributed by atoms with Crippen LogP contribution < -0.4 is 5.32 Å². The number of ether oxygens (including phenoxy) is 1. The fourth-order valence-corrected chi connectivity index (χ4v) is 2.94. The maximum absolute atomic E-state index is 12.4. The molecular weight excluding hydrogens is 326 g/mol. The molecule has 0 atom stereocenters. The molecule has 0 spiro atoms. The van der Waals surface area contributed by atoms with Gasteiger partial charge in [0.05, 0.1) is 18.0 Å². The van der Waals surface area contributed by atoms with Gasteiger partial charge in [-0.05, 0) is 43.7 Å². The summed E-state index contributed by atoms with van der Waals surface area (Å²) in [6.45, 7) is 4.98. The van der Waals surface area contributed by atoms with Gasteiger partial charge in [0, 0.05) is 30.5 Å². The quantitative estimate of drug-likeness (QED) is 0.740. The third kappa shape index (κ3) is 3.83. The predicted molar refractivity (Wildman–Crippen MR) is 101 cm³/mol. The maximum atomic E-state index is 12.4. The van der Waals surface area contributed by atoms with Gasteiger partial charge in [0.25, 0.3) is 5.91 Å². The normalized spacial score (nSPS) is 10.7. The number of para-hydroxylation sites is 1. The number of rotatable bonds is 6. The van der Waals surface area contributed by atoms with Crippen molar-refractivity contribution in [2.45, 2.75) is 27.0 Å². The SMILES string of the molecule is COCc1ccc(C(=O)NCc2c(C)nn(-c3ccccc3)c2C)cc1. The number of methoxy groups -OCH3 is 1. The number of hydrogen-bond acceptors (Lipinski definition) is 3. The molecule has 0 radical (unpaired) electrons. The highest BCUT2D eigenvalue weighted by molar-refractivity contribution is 5.94. The summed E-state index contributed by atoms with van der Waals surface area (Å²) in [7, 11) is 1.65. The van der Waals surface area contributed by atoms with Crippen LogP contribution in [-0.2, 0) is 17.9 Å². The summed E-state index contributed by atoms with van der Waals surface area (Å²) in [5.74, 6) is -0.0970. The third-order valence-corrected chi connectivity index (χ3v) is 4.39. The Labute approximate surface area is 153 Å². The van der Waals surface area contributed by atoms with E-state index in [9.17, 15) is 4.79 Å². The molecule has 0 fully saturated rings. The minimum absolute atomic E-state index is 0.0970. The monoisotopic (exact) mass is 349 g/mol. The first kappa shape index (κ1) is 17.9. The lowest BCUT2D eigenvalue weighted by atomic mass is 10.1. The van der Waals surface area contributed by atoms with Crippen molar-refractivity contribution < 1.29 is 9.53 Å². The fourth-order valence-electron chi connectivity index (χ4n) is 2.94. The van der Waals surface area contributed by atoms with Crippen LogP contribution in [0.2, 0.25) is 0 Å². The zero-order valence-electron chi connectivity index (χ0n) is 15.3. The molecule has 1 aromatic heterocycles. The van der Waals surface area contributed by atoms with Gasteiger partial charge < -0.3 is 10.1 Å². The van der Waals surface area contributed by atoms with E-state index in [4.69, 9.17) is 4.74 Å². The van der Waals surface area contributed by atoms with E-state index in [-0.39, 0.29) is 5.91 Å². The molecule has 1 amide bonds. The minimum Gasteiger partial charge on any atom is -0.380 e. The molecule has 134 valence electrons.